The van der Waals surface area contributed by atoms with E-state index in [4.69, 9.17) is 0 Å². The molecule has 0 aromatic rings. The van der Waals surface area contributed by atoms with Crippen molar-refractivity contribution in [3.63, 3.8) is 0 Å². The molecule has 2 heterocycles. The Labute approximate surface area is 107 Å². The summed E-state index contributed by atoms with van der Waals surface area (Å²) in [7, 11) is 0. The lowest BCUT2D eigenvalue weighted by Gasteiger charge is -2.38. The molecule has 0 aromatic carbocycles. The molecule has 2 aliphatic heterocycles. The van der Waals surface area contributed by atoms with Crippen LogP contribution in [0.5, 0.6) is 0 Å². The first-order chi connectivity index (χ1) is 8.19. The first kappa shape index (κ1) is 13.4. The van der Waals surface area contributed by atoms with Crippen molar-refractivity contribution in [2.45, 2.75) is 77.4 Å². The van der Waals surface area contributed by atoms with Gasteiger partial charge in [0, 0.05) is 18.1 Å². The van der Waals surface area contributed by atoms with Gasteiger partial charge in [0.2, 0.25) is 0 Å². The Morgan fingerprint density at radius 3 is 2.29 bits per heavy atom. The molecule has 0 aliphatic carbocycles. The Morgan fingerprint density at radius 1 is 1.12 bits per heavy atom. The summed E-state index contributed by atoms with van der Waals surface area (Å²) in [5.74, 6) is 0.841. The molecule has 0 saturated carbocycles. The molecule has 0 amide bonds. The molecule has 0 spiro atoms. The molecule has 2 atom stereocenters. The second-order valence-electron chi connectivity index (χ2n) is 6.48. The van der Waals surface area contributed by atoms with Gasteiger partial charge in [-0.2, -0.15) is 0 Å². The summed E-state index contributed by atoms with van der Waals surface area (Å²) < 4.78 is 0. The molecule has 2 aliphatic rings. The van der Waals surface area contributed by atoms with Crippen molar-refractivity contribution in [2.24, 2.45) is 5.92 Å². The van der Waals surface area contributed by atoms with Crippen LogP contribution in [0.2, 0.25) is 0 Å². The van der Waals surface area contributed by atoms with Gasteiger partial charge in [-0.05, 0) is 57.5 Å². The standard InChI is InChI=1S/C15H30N2/c1-4-8-17(9-7-12(2)3)15-10-13-5-6-14(11-15)16-13/h12-16H,4-11H2,1-3H3. The fourth-order valence-corrected chi connectivity index (χ4v) is 3.51. The van der Waals surface area contributed by atoms with E-state index in [1.54, 1.807) is 0 Å². The van der Waals surface area contributed by atoms with Crippen LogP contribution < -0.4 is 5.32 Å². The van der Waals surface area contributed by atoms with Crippen molar-refractivity contribution in [3.8, 4) is 0 Å². The summed E-state index contributed by atoms with van der Waals surface area (Å²) >= 11 is 0. The van der Waals surface area contributed by atoms with E-state index in [-0.39, 0.29) is 0 Å². The molecule has 2 heteroatoms. The molecular weight excluding hydrogens is 208 g/mol. The molecule has 0 radical (unpaired) electrons. The maximum Gasteiger partial charge on any atom is 0.0125 e. The summed E-state index contributed by atoms with van der Waals surface area (Å²) in [5.41, 5.74) is 0. The Kier molecular flexibility index (Phi) is 4.87. The third kappa shape index (κ3) is 3.69. The minimum Gasteiger partial charge on any atom is -0.311 e. The van der Waals surface area contributed by atoms with Crippen LogP contribution in [0.4, 0.5) is 0 Å². The Morgan fingerprint density at radius 2 is 1.76 bits per heavy atom. The molecule has 2 bridgehead atoms. The number of nitrogens with zero attached hydrogens (tertiary/aromatic N) is 1. The van der Waals surface area contributed by atoms with Gasteiger partial charge in [0.05, 0.1) is 0 Å². The highest BCUT2D eigenvalue weighted by atomic mass is 15.2. The van der Waals surface area contributed by atoms with E-state index < -0.39 is 0 Å². The second kappa shape index (κ2) is 6.19. The predicted octanol–water partition coefficient (Wildman–Crippen LogP) is 3.03. The third-order valence-corrected chi connectivity index (χ3v) is 4.47. The second-order valence-corrected chi connectivity index (χ2v) is 6.48. The summed E-state index contributed by atoms with van der Waals surface area (Å²) in [6.07, 6.45) is 8.30. The van der Waals surface area contributed by atoms with Crippen molar-refractivity contribution in [2.75, 3.05) is 13.1 Å². The zero-order valence-corrected chi connectivity index (χ0v) is 11.9. The Bertz CT molecular complexity index is 215. The van der Waals surface area contributed by atoms with Gasteiger partial charge in [0.15, 0.2) is 0 Å². The van der Waals surface area contributed by atoms with E-state index in [1.165, 1.54) is 51.6 Å². The van der Waals surface area contributed by atoms with Gasteiger partial charge in [-0.3, -0.25) is 0 Å². The van der Waals surface area contributed by atoms with E-state index in [1.807, 2.05) is 0 Å². The smallest absolute Gasteiger partial charge is 0.0125 e. The maximum atomic E-state index is 3.76. The van der Waals surface area contributed by atoms with Crippen molar-refractivity contribution < 1.29 is 0 Å². The maximum absolute atomic E-state index is 3.76. The van der Waals surface area contributed by atoms with Gasteiger partial charge in [-0.1, -0.05) is 20.8 Å². The number of nitrogens with one attached hydrogen (secondary N) is 1. The SMILES string of the molecule is CCCN(CCC(C)C)C1CC2CCC(C1)N2. The molecule has 2 rings (SSSR count). The summed E-state index contributed by atoms with van der Waals surface area (Å²) in [6, 6.07) is 2.53. The summed E-state index contributed by atoms with van der Waals surface area (Å²) in [6.45, 7) is 9.62. The molecule has 0 aromatic heterocycles. The lowest BCUT2D eigenvalue weighted by atomic mass is 9.97. The number of rotatable bonds is 6. The molecule has 2 unspecified atom stereocenters. The van der Waals surface area contributed by atoms with Gasteiger partial charge in [-0.15, -0.1) is 0 Å². The fraction of sp³-hybridized carbons (Fsp3) is 1.00. The normalized spacial score (nSPS) is 32.6. The van der Waals surface area contributed by atoms with E-state index in [0.717, 1.165) is 24.0 Å². The molecule has 17 heavy (non-hydrogen) atoms. The summed E-state index contributed by atoms with van der Waals surface area (Å²) in [4.78, 5) is 2.78. The van der Waals surface area contributed by atoms with Gasteiger partial charge >= 0.3 is 0 Å². The largest absolute Gasteiger partial charge is 0.311 e. The number of hydrogen-bond donors (Lipinski definition) is 1. The molecule has 1 N–H and O–H groups in total. The average Bonchev–Trinajstić information content (AvgIpc) is 2.63. The minimum atomic E-state index is 0.831. The summed E-state index contributed by atoms with van der Waals surface area (Å²) in [5, 5.41) is 3.76. The monoisotopic (exact) mass is 238 g/mol. The predicted molar refractivity (Wildman–Crippen MR) is 74.3 cm³/mol. The van der Waals surface area contributed by atoms with Crippen LogP contribution >= 0.6 is 0 Å². The van der Waals surface area contributed by atoms with Gasteiger partial charge in [-0.25, -0.2) is 0 Å². The lowest BCUT2D eigenvalue weighted by Crippen LogP contribution is -2.48. The van der Waals surface area contributed by atoms with Gasteiger partial charge < -0.3 is 10.2 Å². The van der Waals surface area contributed by atoms with Crippen molar-refractivity contribution in [1.29, 1.82) is 0 Å². The van der Waals surface area contributed by atoms with E-state index in [9.17, 15) is 0 Å². The van der Waals surface area contributed by atoms with Crippen molar-refractivity contribution in [3.05, 3.63) is 0 Å². The first-order valence-electron chi connectivity index (χ1n) is 7.69. The fourth-order valence-electron chi connectivity index (χ4n) is 3.51. The van der Waals surface area contributed by atoms with Crippen LogP contribution in [0.1, 0.15) is 59.3 Å². The van der Waals surface area contributed by atoms with Crippen LogP contribution in [0.25, 0.3) is 0 Å². The van der Waals surface area contributed by atoms with Crippen LogP contribution in [0.3, 0.4) is 0 Å². The zero-order chi connectivity index (χ0) is 12.3. The minimum absolute atomic E-state index is 0.831. The van der Waals surface area contributed by atoms with Crippen molar-refractivity contribution in [1.82, 2.24) is 10.2 Å². The molecule has 100 valence electrons. The van der Waals surface area contributed by atoms with Crippen LogP contribution in [0.15, 0.2) is 0 Å². The van der Waals surface area contributed by atoms with E-state index in [2.05, 4.69) is 31.0 Å². The average molecular weight is 238 g/mol. The molecule has 2 saturated heterocycles. The van der Waals surface area contributed by atoms with Gasteiger partial charge in [0.1, 0.15) is 0 Å². The van der Waals surface area contributed by atoms with Gasteiger partial charge in [0.25, 0.3) is 0 Å². The number of hydrogen-bond acceptors (Lipinski definition) is 2. The van der Waals surface area contributed by atoms with Crippen LogP contribution in [-0.2, 0) is 0 Å². The van der Waals surface area contributed by atoms with Crippen LogP contribution in [-0.4, -0.2) is 36.1 Å². The zero-order valence-electron chi connectivity index (χ0n) is 11.9. The Hall–Kier alpha value is -0.0800. The lowest BCUT2D eigenvalue weighted by molar-refractivity contribution is 0.135. The first-order valence-corrected chi connectivity index (χ1v) is 7.69. The highest BCUT2D eigenvalue weighted by Crippen LogP contribution is 2.30. The molecule has 2 nitrogen and oxygen atoms in total. The molecule has 2 fully saturated rings. The Balaban J connectivity index is 1.86. The van der Waals surface area contributed by atoms with Crippen LogP contribution in [0, 0.1) is 5.92 Å². The molecular formula is C15H30N2. The highest BCUT2D eigenvalue weighted by molar-refractivity contribution is 4.95. The number of piperidine rings is 1. The van der Waals surface area contributed by atoms with E-state index in [0.29, 0.717) is 0 Å². The highest BCUT2D eigenvalue weighted by Gasteiger charge is 2.35. The number of fused-ring (bicyclic) bond motifs is 2. The topological polar surface area (TPSA) is 15.3 Å². The quantitative estimate of drug-likeness (QED) is 0.765. The third-order valence-electron chi connectivity index (χ3n) is 4.47. The van der Waals surface area contributed by atoms with E-state index >= 15 is 0 Å². The van der Waals surface area contributed by atoms with Crippen molar-refractivity contribution >= 4 is 0 Å².